The molecule has 14 heavy (non-hydrogen) atoms. The fourth-order valence-electron chi connectivity index (χ4n) is 1.86. The molecule has 1 N–H and O–H groups in total. The van der Waals surface area contributed by atoms with Crippen LogP contribution in [0.4, 0.5) is 0 Å². The molecule has 0 aliphatic carbocycles. The second kappa shape index (κ2) is 5.01. The lowest BCUT2D eigenvalue weighted by Gasteiger charge is -2.12. The topological polar surface area (TPSA) is 12.0 Å². The van der Waals surface area contributed by atoms with E-state index in [-0.39, 0.29) is 12.4 Å². The van der Waals surface area contributed by atoms with Crippen molar-refractivity contribution >= 4 is 24.0 Å². The Morgan fingerprint density at radius 2 is 2.21 bits per heavy atom. The summed E-state index contributed by atoms with van der Waals surface area (Å²) in [6, 6.07) is 6.78. The van der Waals surface area contributed by atoms with Gasteiger partial charge in [-0.15, -0.1) is 12.4 Å². The van der Waals surface area contributed by atoms with Crippen LogP contribution < -0.4 is 5.32 Å². The molecule has 0 aromatic heterocycles. The van der Waals surface area contributed by atoms with Crippen LogP contribution in [0.25, 0.3) is 0 Å². The van der Waals surface area contributed by atoms with E-state index in [4.69, 9.17) is 11.6 Å². The second-order valence-electron chi connectivity index (χ2n) is 3.67. The molecule has 0 spiro atoms. The van der Waals surface area contributed by atoms with Gasteiger partial charge in [0.1, 0.15) is 0 Å². The molecule has 0 saturated carbocycles. The molecule has 1 nitrogen and oxygen atoms in total. The molecule has 0 amide bonds. The van der Waals surface area contributed by atoms with Gasteiger partial charge < -0.3 is 5.32 Å². The minimum atomic E-state index is 0. The molecular weight excluding hydrogens is 217 g/mol. The van der Waals surface area contributed by atoms with Crippen molar-refractivity contribution in [2.75, 3.05) is 6.54 Å². The third kappa shape index (κ3) is 2.41. The first-order valence-corrected chi connectivity index (χ1v) is 5.14. The number of hydrogen-bond acceptors (Lipinski definition) is 1. The van der Waals surface area contributed by atoms with Gasteiger partial charge in [0.15, 0.2) is 0 Å². The Kier molecular flexibility index (Phi) is 4.24. The molecule has 0 unspecified atom stereocenters. The highest BCUT2D eigenvalue weighted by Crippen LogP contribution is 2.29. The molecule has 1 aromatic rings. The predicted octanol–water partition coefficient (Wildman–Crippen LogP) is 3.49. The van der Waals surface area contributed by atoms with Crippen molar-refractivity contribution in [3.8, 4) is 0 Å². The number of nitrogens with one attached hydrogen (secondary N) is 1. The summed E-state index contributed by atoms with van der Waals surface area (Å²) in [6.45, 7) is 3.19. The van der Waals surface area contributed by atoms with Crippen molar-refractivity contribution in [3.05, 3.63) is 34.3 Å². The van der Waals surface area contributed by atoms with Crippen LogP contribution >= 0.6 is 24.0 Å². The van der Waals surface area contributed by atoms with E-state index < -0.39 is 0 Å². The van der Waals surface area contributed by atoms with Crippen LogP contribution in [-0.2, 0) is 0 Å². The fourth-order valence-corrected chi connectivity index (χ4v) is 2.23. The standard InChI is InChI=1S/C11H14ClN.ClH/c1-8-4-5-9(10(12)7-8)11-3-2-6-13-11;/h4-5,7,11,13H,2-3,6H2,1H3;1H/t11-;/m1./s1. The summed E-state index contributed by atoms with van der Waals surface area (Å²) in [5, 5.41) is 4.35. The number of aryl methyl sites for hydroxylation is 1. The third-order valence-corrected chi connectivity index (χ3v) is 2.92. The monoisotopic (exact) mass is 231 g/mol. The molecule has 0 radical (unpaired) electrons. The Hall–Kier alpha value is -0.240. The second-order valence-corrected chi connectivity index (χ2v) is 4.08. The maximum atomic E-state index is 6.17. The summed E-state index contributed by atoms with van der Waals surface area (Å²) in [4.78, 5) is 0. The van der Waals surface area contributed by atoms with Crippen molar-refractivity contribution < 1.29 is 0 Å². The Bertz CT molecular complexity index is 306. The SMILES string of the molecule is Cc1ccc([C@H]2CCCN2)c(Cl)c1.Cl. The number of benzene rings is 1. The number of halogens is 2. The van der Waals surface area contributed by atoms with Crippen LogP contribution in [0.5, 0.6) is 0 Å². The van der Waals surface area contributed by atoms with Crippen LogP contribution in [-0.4, -0.2) is 6.54 Å². The highest BCUT2D eigenvalue weighted by Gasteiger charge is 2.18. The van der Waals surface area contributed by atoms with Crippen LogP contribution in [0.2, 0.25) is 5.02 Å². The van der Waals surface area contributed by atoms with Crippen LogP contribution in [0.15, 0.2) is 18.2 Å². The largest absolute Gasteiger partial charge is 0.310 e. The Labute approximate surface area is 96.3 Å². The van der Waals surface area contributed by atoms with E-state index in [9.17, 15) is 0 Å². The van der Waals surface area contributed by atoms with Gasteiger partial charge in [0.2, 0.25) is 0 Å². The first kappa shape index (κ1) is 11.8. The van der Waals surface area contributed by atoms with E-state index in [2.05, 4.69) is 24.4 Å². The van der Waals surface area contributed by atoms with Gasteiger partial charge in [-0.05, 0) is 43.5 Å². The van der Waals surface area contributed by atoms with Gasteiger partial charge in [-0.25, -0.2) is 0 Å². The molecule has 1 fully saturated rings. The average molecular weight is 232 g/mol. The normalized spacial score (nSPS) is 20.6. The van der Waals surface area contributed by atoms with E-state index in [1.54, 1.807) is 0 Å². The van der Waals surface area contributed by atoms with Crippen molar-refractivity contribution in [2.24, 2.45) is 0 Å². The van der Waals surface area contributed by atoms with E-state index in [1.807, 2.05) is 6.07 Å². The minimum Gasteiger partial charge on any atom is -0.310 e. The Morgan fingerprint density at radius 1 is 1.43 bits per heavy atom. The number of rotatable bonds is 1. The molecule has 0 bridgehead atoms. The zero-order valence-electron chi connectivity index (χ0n) is 8.22. The van der Waals surface area contributed by atoms with Gasteiger partial charge in [0.25, 0.3) is 0 Å². The molecule has 1 aliphatic rings. The van der Waals surface area contributed by atoms with Crippen LogP contribution in [0, 0.1) is 6.92 Å². The van der Waals surface area contributed by atoms with Crippen molar-refractivity contribution in [1.29, 1.82) is 0 Å². The summed E-state index contributed by atoms with van der Waals surface area (Å²) < 4.78 is 0. The van der Waals surface area contributed by atoms with Gasteiger partial charge >= 0.3 is 0 Å². The zero-order valence-corrected chi connectivity index (χ0v) is 9.79. The van der Waals surface area contributed by atoms with Gasteiger partial charge in [-0.1, -0.05) is 23.7 Å². The molecule has 1 aromatic carbocycles. The average Bonchev–Trinajstić information content (AvgIpc) is 2.56. The predicted molar refractivity (Wildman–Crippen MR) is 63.4 cm³/mol. The lowest BCUT2D eigenvalue weighted by molar-refractivity contribution is 0.648. The van der Waals surface area contributed by atoms with Crippen molar-refractivity contribution in [1.82, 2.24) is 5.32 Å². The van der Waals surface area contributed by atoms with Gasteiger partial charge in [-0.2, -0.15) is 0 Å². The maximum absolute atomic E-state index is 6.17. The molecule has 3 heteroatoms. The lowest BCUT2D eigenvalue weighted by atomic mass is 10.0. The molecule has 2 rings (SSSR count). The first-order chi connectivity index (χ1) is 6.27. The third-order valence-electron chi connectivity index (χ3n) is 2.59. The maximum Gasteiger partial charge on any atom is 0.0456 e. The Morgan fingerprint density at radius 3 is 2.79 bits per heavy atom. The van der Waals surface area contributed by atoms with E-state index in [1.165, 1.54) is 24.0 Å². The van der Waals surface area contributed by atoms with Crippen molar-refractivity contribution in [3.63, 3.8) is 0 Å². The lowest BCUT2D eigenvalue weighted by Crippen LogP contribution is -2.13. The highest BCUT2D eigenvalue weighted by atomic mass is 35.5. The molecule has 1 atom stereocenters. The van der Waals surface area contributed by atoms with E-state index in [0.29, 0.717) is 6.04 Å². The minimum absolute atomic E-state index is 0. The zero-order chi connectivity index (χ0) is 9.26. The fraction of sp³-hybridized carbons (Fsp3) is 0.455. The molecule has 1 heterocycles. The number of hydrogen-bond donors (Lipinski definition) is 1. The molecule has 78 valence electrons. The summed E-state index contributed by atoms with van der Waals surface area (Å²) in [6.07, 6.45) is 2.47. The van der Waals surface area contributed by atoms with Crippen molar-refractivity contribution in [2.45, 2.75) is 25.8 Å². The highest BCUT2D eigenvalue weighted by molar-refractivity contribution is 6.31. The van der Waals surface area contributed by atoms with Gasteiger partial charge in [0, 0.05) is 11.1 Å². The molecule has 1 aliphatic heterocycles. The van der Waals surface area contributed by atoms with Crippen LogP contribution in [0.3, 0.4) is 0 Å². The van der Waals surface area contributed by atoms with Crippen LogP contribution in [0.1, 0.15) is 30.0 Å². The molecular formula is C11H15Cl2N. The summed E-state index contributed by atoms with van der Waals surface area (Å²) in [5.41, 5.74) is 2.48. The summed E-state index contributed by atoms with van der Waals surface area (Å²) in [5.74, 6) is 0. The first-order valence-electron chi connectivity index (χ1n) is 4.77. The smallest absolute Gasteiger partial charge is 0.0456 e. The molecule has 1 saturated heterocycles. The quantitative estimate of drug-likeness (QED) is 0.781. The summed E-state index contributed by atoms with van der Waals surface area (Å²) >= 11 is 6.17. The Balaban J connectivity index is 0.000000980. The van der Waals surface area contributed by atoms with Gasteiger partial charge in [-0.3, -0.25) is 0 Å². The summed E-state index contributed by atoms with van der Waals surface area (Å²) in [7, 11) is 0. The van der Waals surface area contributed by atoms with E-state index >= 15 is 0 Å². The van der Waals surface area contributed by atoms with Gasteiger partial charge in [0.05, 0.1) is 0 Å². The van der Waals surface area contributed by atoms with E-state index in [0.717, 1.165) is 11.6 Å².